The highest BCUT2D eigenvalue weighted by Crippen LogP contribution is 2.36. The molecule has 1 fully saturated rings. The minimum Gasteiger partial charge on any atom is -0.491 e. The quantitative estimate of drug-likeness (QED) is 0.445. The zero-order valence-corrected chi connectivity index (χ0v) is 19.7. The molecular formula is C22H21Cl3N4O4. The normalized spacial score (nSPS) is 14.4. The minimum absolute atomic E-state index is 0.195. The van der Waals surface area contributed by atoms with Crippen molar-refractivity contribution in [2.75, 3.05) is 44.8 Å². The van der Waals surface area contributed by atoms with E-state index in [1.54, 1.807) is 36.4 Å². The van der Waals surface area contributed by atoms with Crippen LogP contribution in [0.5, 0.6) is 5.75 Å². The molecule has 0 saturated carbocycles. The number of aromatic nitrogens is 2. The van der Waals surface area contributed by atoms with Gasteiger partial charge in [-0.05, 0) is 24.3 Å². The molecule has 0 atom stereocenters. The number of nitrogens with one attached hydrogen (secondary N) is 1. The molecule has 1 saturated heterocycles. The number of benzene rings is 2. The maximum Gasteiger partial charge on any atom is 0.260 e. The molecule has 0 aliphatic carbocycles. The number of ether oxygens (including phenoxy) is 2. The lowest BCUT2D eigenvalue weighted by Gasteiger charge is -2.26. The smallest absolute Gasteiger partial charge is 0.260 e. The van der Waals surface area contributed by atoms with Gasteiger partial charge in [-0.15, -0.1) is 0 Å². The van der Waals surface area contributed by atoms with Crippen LogP contribution in [0.3, 0.4) is 0 Å². The number of anilines is 1. The van der Waals surface area contributed by atoms with Crippen LogP contribution in [0.2, 0.25) is 5.02 Å². The summed E-state index contributed by atoms with van der Waals surface area (Å²) in [6.45, 7) is 4.46. The van der Waals surface area contributed by atoms with Crippen molar-refractivity contribution in [1.29, 1.82) is 0 Å². The lowest BCUT2D eigenvalue weighted by molar-refractivity contribution is -0.114. The van der Waals surface area contributed by atoms with Crippen LogP contribution in [0.25, 0.3) is 22.8 Å². The molecule has 1 N–H and O–H groups in total. The van der Waals surface area contributed by atoms with E-state index in [2.05, 4.69) is 20.4 Å². The first kappa shape index (κ1) is 23.8. The monoisotopic (exact) mass is 510 g/mol. The molecule has 2 heterocycles. The van der Waals surface area contributed by atoms with Gasteiger partial charge in [-0.2, -0.15) is 4.98 Å². The van der Waals surface area contributed by atoms with Crippen LogP contribution >= 0.6 is 34.8 Å². The first-order chi connectivity index (χ1) is 16.0. The molecule has 0 bridgehead atoms. The van der Waals surface area contributed by atoms with Crippen LogP contribution in [0.15, 0.2) is 47.0 Å². The minimum atomic E-state index is -1.21. The van der Waals surface area contributed by atoms with E-state index in [-0.39, 0.29) is 11.7 Å². The third-order valence-electron chi connectivity index (χ3n) is 5.01. The van der Waals surface area contributed by atoms with Crippen LogP contribution in [-0.4, -0.2) is 65.2 Å². The highest BCUT2D eigenvalue weighted by Gasteiger charge is 2.21. The van der Waals surface area contributed by atoms with E-state index in [0.717, 1.165) is 32.8 Å². The van der Waals surface area contributed by atoms with Crippen molar-refractivity contribution in [2.24, 2.45) is 0 Å². The van der Waals surface area contributed by atoms with E-state index in [0.29, 0.717) is 34.2 Å². The molecule has 1 aliphatic rings. The Morgan fingerprint density at radius 3 is 2.73 bits per heavy atom. The summed E-state index contributed by atoms with van der Waals surface area (Å²) in [5.41, 5.74) is 1.48. The number of para-hydroxylation sites is 1. The van der Waals surface area contributed by atoms with Crippen molar-refractivity contribution >= 4 is 46.4 Å². The standard InChI is InChI=1S/C22H21Cl3N4O4/c23-15-5-3-7-17(32-13-10-29-8-11-31-12-9-29)18(15)20-27-22(33-28-20)14-4-1-2-6-16(14)26-21(30)19(24)25/h1-7,19H,8-13H2,(H,26,30). The van der Waals surface area contributed by atoms with Crippen molar-refractivity contribution in [3.05, 3.63) is 47.5 Å². The largest absolute Gasteiger partial charge is 0.491 e. The molecule has 0 radical (unpaired) electrons. The number of nitrogens with zero attached hydrogens (tertiary/aromatic N) is 3. The van der Waals surface area contributed by atoms with Gasteiger partial charge in [0.2, 0.25) is 5.82 Å². The third-order valence-corrected chi connectivity index (χ3v) is 5.72. The second kappa shape index (κ2) is 11.2. The predicted octanol–water partition coefficient (Wildman–Crippen LogP) is 4.51. The van der Waals surface area contributed by atoms with Crippen molar-refractivity contribution in [1.82, 2.24) is 15.0 Å². The Balaban J connectivity index is 1.55. The molecule has 33 heavy (non-hydrogen) atoms. The first-order valence-electron chi connectivity index (χ1n) is 10.3. The van der Waals surface area contributed by atoms with Gasteiger partial charge in [0.1, 0.15) is 12.4 Å². The van der Waals surface area contributed by atoms with Gasteiger partial charge in [-0.25, -0.2) is 0 Å². The number of carbonyl (C=O) groups is 1. The zero-order valence-electron chi connectivity index (χ0n) is 17.5. The average molecular weight is 512 g/mol. The van der Waals surface area contributed by atoms with E-state index in [9.17, 15) is 4.79 Å². The molecule has 1 amide bonds. The average Bonchev–Trinajstić information content (AvgIpc) is 3.29. The third kappa shape index (κ3) is 5.96. The SMILES string of the molecule is O=C(Nc1ccccc1-c1nc(-c2c(Cl)cccc2OCCN2CCOCC2)no1)C(Cl)Cl. The molecule has 0 unspecified atom stereocenters. The van der Waals surface area contributed by atoms with Crippen LogP contribution in [0.4, 0.5) is 5.69 Å². The molecule has 2 aromatic carbocycles. The van der Waals surface area contributed by atoms with Gasteiger partial charge < -0.3 is 19.3 Å². The van der Waals surface area contributed by atoms with Crippen molar-refractivity contribution in [3.8, 4) is 28.6 Å². The summed E-state index contributed by atoms with van der Waals surface area (Å²) in [6.07, 6.45) is 0. The van der Waals surface area contributed by atoms with E-state index in [4.69, 9.17) is 48.8 Å². The van der Waals surface area contributed by atoms with E-state index in [1.807, 2.05) is 6.07 Å². The molecule has 3 aromatic rings. The lowest BCUT2D eigenvalue weighted by Crippen LogP contribution is -2.38. The number of alkyl halides is 2. The van der Waals surface area contributed by atoms with Crippen LogP contribution in [0, 0.1) is 0 Å². The van der Waals surface area contributed by atoms with E-state index >= 15 is 0 Å². The maximum absolute atomic E-state index is 11.9. The van der Waals surface area contributed by atoms with Crippen molar-refractivity contribution in [3.63, 3.8) is 0 Å². The first-order valence-corrected chi connectivity index (χ1v) is 11.5. The van der Waals surface area contributed by atoms with Gasteiger partial charge in [0, 0.05) is 19.6 Å². The number of morpholine rings is 1. The van der Waals surface area contributed by atoms with Crippen LogP contribution in [-0.2, 0) is 9.53 Å². The Bertz CT molecular complexity index is 1100. The van der Waals surface area contributed by atoms with Crippen LogP contribution < -0.4 is 10.1 Å². The number of halogens is 3. The topological polar surface area (TPSA) is 89.7 Å². The van der Waals surface area contributed by atoms with Gasteiger partial charge in [-0.3, -0.25) is 9.69 Å². The van der Waals surface area contributed by atoms with E-state index in [1.165, 1.54) is 0 Å². The lowest BCUT2D eigenvalue weighted by atomic mass is 10.1. The summed E-state index contributed by atoms with van der Waals surface area (Å²) >= 11 is 17.8. The summed E-state index contributed by atoms with van der Waals surface area (Å²) in [6, 6.07) is 12.3. The molecule has 4 rings (SSSR count). The van der Waals surface area contributed by atoms with E-state index < -0.39 is 10.7 Å². The predicted molar refractivity (Wildman–Crippen MR) is 127 cm³/mol. The molecule has 174 valence electrons. The van der Waals surface area contributed by atoms with Gasteiger partial charge in [0.05, 0.1) is 35.1 Å². The summed E-state index contributed by atoms with van der Waals surface area (Å²) in [5.74, 6) is 0.454. The van der Waals surface area contributed by atoms with Gasteiger partial charge in [0.25, 0.3) is 11.8 Å². The number of hydrogen-bond donors (Lipinski definition) is 1. The molecule has 11 heteroatoms. The molecule has 8 nitrogen and oxygen atoms in total. The molecule has 1 aromatic heterocycles. The maximum atomic E-state index is 11.9. The Morgan fingerprint density at radius 2 is 1.94 bits per heavy atom. The number of rotatable bonds is 8. The van der Waals surface area contributed by atoms with Crippen molar-refractivity contribution in [2.45, 2.75) is 4.84 Å². The summed E-state index contributed by atoms with van der Waals surface area (Å²) < 4.78 is 16.9. The fourth-order valence-corrected chi connectivity index (χ4v) is 3.71. The summed E-state index contributed by atoms with van der Waals surface area (Å²) in [7, 11) is 0. The molecule has 0 spiro atoms. The zero-order chi connectivity index (χ0) is 23.2. The Labute approximate surface area is 205 Å². The summed E-state index contributed by atoms with van der Waals surface area (Å²) in [4.78, 5) is 17.5. The van der Waals surface area contributed by atoms with Gasteiger partial charge >= 0.3 is 0 Å². The highest BCUT2D eigenvalue weighted by atomic mass is 35.5. The van der Waals surface area contributed by atoms with Gasteiger partial charge in [0.15, 0.2) is 4.84 Å². The Hall–Kier alpha value is -2.36. The van der Waals surface area contributed by atoms with Crippen LogP contribution in [0.1, 0.15) is 0 Å². The van der Waals surface area contributed by atoms with Crippen molar-refractivity contribution < 1.29 is 18.8 Å². The number of carbonyl (C=O) groups excluding carboxylic acids is 1. The summed E-state index contributed by atoms with van der Waals surface area (Å²) in [5, 5.41) is 7.17. The highest BCUT2D eigenvalue weighted by molar-refractivity contribution is 6.54. The Morgan fingerprint density at radius 1 is 1.15 bits per heavy atom. The van der Waals surface area contributed by atoms with Gasteiger partial charge in [-0.1, -0.05) is 58.2 Å². The number of amides is 1. The fraction of sp³-hybridized carbons (Fsp3) is 0.318. The number of hydrogen-bond acceptors (Lipinski definition) is 7. The second-order valence-corrected chi connectivity index (χ2v) is 8.68. The fourth-order valence-electron chi connectivity index (χ4n) is 3.35. The molecule has 1 aliphatic heterocycles. The second-order valence-electron chi connectivity index (χ2n) is 7.17. The molecular weight excluding hydrogens is 491 g/mol. The Kier molecular flexibility index (Phi) is 8.06.